The molecule has 2 aromatic heterocycles. The van der Waals surface area contributed by atoms with E-state index >= 15 is 0 Å². The molecule has 0 aliphatic carbocycles. The molecule has 2 N–H and O–H groups in total. The molecule has 0 saturated heterocycles. The van der Waals surface area contributed by atoms with Crippen LogP contribution in [0.1, 0.15) is 16.2 Å². The third-order valence-corrected chi connectivity index (χ3v) is 3.34. The van der Waals surface area contributed by atoms with Gasteiger partial charge in [-0.1, -0.05) is 22.0 Å². The Kier molecular flexibility index (Phi) is 3.57. The highest BCUT2D eigenvalue weighted by Gasteiger charge is 2.11. The molecule has 0 unspecified atom stereocenters. The molecule has 1 aromatic carbocycles. The van der Waals surface area contributed by atoms with Gasteiger partial charge in [-0.25, -0.2) is 4.68 Å². The molecule has 0 atom stereocenters. The Morgan fingerprint density at radius 2 is 2.19 bits per heavy atom. The van der Waals surface area contributed by atoms with Gasteiger partial charge in [0.1, 0.15) is 0 Å². The van der Waals surface area contributed by atoms with E-state index in [1.54, 1.807) is 23.0 Å². The Bertz CT molecular complexity index is 792. The molecular weight excluding hydrogens is 334 g/mol. The zero-order valence-electron chi connectivity index (χ0n) is 11.2. The molecule has 0 aliphatic rings. The van der Waals surface area contributed by atoms with E-state index in [0.717, 1.165) is 15.9 Å². The molecular formula is C14H12BrN5O. The molecule has 0 fully saturated rings. The molecule has 0 spiro atoms. The summed E-state index contributed by atoms with van der Waals surface area (Å²) in [6, 6.07) is 11.1. The number of nitrogens with zero attached hydrogens (tertiary/aromatic N) is 3. The molecule has 6 nitrogen and oxygen atoms in total. The van der Waals surface area contributed by atoms with E-state index in [0.29, 0.717) is 11.5 Å². The predicted molar refractivity (Wildman–Crippen MR) is 82.5 cm³/mol. The number of benzene rings is 1. The van der Waals surface area contributed by atoms with Crippen LogP contribution in [0.3, 0.4) is 0 Å². The Morgan fingerprint density at radius 1 is 1.33 bits per heavy atom. The van der Waals surface area contributed by atoms with Gasteiger partial charge in [0.25, 0.3) is 5.91 Å². The summed E-state index contributed by atoms with van der Waals surface area (Å²) < 4.78 is 2.60. The summed E-state index contributed by atoms with van der Waals surface area (Å²) in [6.07, 6.45) is 1.74. The number of anilines is 1. The minimum Gasteiger partial charge on any atom is -0.304 e. The highest BCUT2D eigenvalue weighted by molar-refractivity contribution is 9.10. The topological polar surface area (TPSA) is 75.6 Å². The molecule has 0 aliphatic heterocycles. The minimum absolute atomic E-state index is 0.296. The number of aromatic nitrogens is 4. The summed E-state index contributed by atoms with van der Waals surface area (Å²) in [5.41, 5.74) is 2.08. The van der Waals surface area contributed by atoms with Crippen LogP contribution >= 0.6 is 15.9 Å². The minimum atomic E-state index is -0.296. The van der Waals surface area contributed by atoms with Crippen LogP contribution in [-0.2, 0) is 0 Å². The van der Waals surface area contributed by atoms with Crippen LogP contribution in [0, 0.1) is 6.92 Å². The van der Waals surface area contributed by atoms with Gasteiger partial charge in [-0.15, -0.1) is 0 Å². The molecule has 21 heavy (non-hydrogen) atoms. The molecule has 2 heterocycles. The van der Waals surface area contributed by atoms with Crippen molar-refractivity contribution in [3.05, 3.63) is 58.5 Å². The highest BCUT2D eigenvalue weighted by Crippen LogP contribution is 2.15. The Balaban J connectivity index is 1.80. The molecule has 0 bridgehead atoms. The van der Waals surface area contributed by atoms with Crippen molar-refractivity contribution in [1.82, 2.24) is 20.0 Å². The number of nitrogens with one attached hydrogen (secondary N) is 2. The fraction of sp³-hybridized carbons (Fsp3) is 0.0714. The van der Waals surface area contributed by atoms with E-state index in [-0.39, 0.29) is 5.91 Å². The van der Waals surface area contributed by atoms with Crippen LogP contribution < -0.4 is 5.32 Å². The Morgan fingerprint density at radius 3 is 2.90 bits per heavy atom. The van der Waals surface area contributed by atoms with E-state index in [9.17, 15) is 4.79 Å². The summed E-state index contributed by atoms with van der Waals surface area (Å²) in [6.45, 7) is 1.87. The maximum atomic E-state index is 12.1. The van der Waals surface area contributed by atoms with Gasteiger partial charge in [0, 0.05) is 22.4 Å². The second kappa shape index (κ2) is 5.53. The Labute approximate surface area is 129 Å². The van der Waals surface area contributed by atoms with Crippen molar-refractivity contribution in [2.45, 2.75) is 6.92 Å². The second-order valence-electron chi connectivity index (χ2n) is 4.52. The monoisotopic (exact) mass is 345 g/mol. The number of aromatic amines is 1. The van der Waals surface area contributed by atoms with Gasteiger partial charge in [-0.05, 0) is 31.2 Å². The van der Waals surface area contributed by atoms with Crippen LogP contribution in [0.5, 0.6) is 0 Å². The maximum absolute atomic E-state index is 12.1. The van der Waals surface area contributed by atoms with Gasteiger partial charge in [0.05, 0.1) is 5.69 Å². The van der Waals surface area contributed by atoms with Crippen molar-refractivity contribution >= 4 is 27.7 Å². The normalized spacial score (nSPS) is 10.6. The number of hydrogen-bond donors (Lipinski definition) is 2. The van der Waals surface area contributed by atoms with Crippen molar-refractivity contribution in [2.24, 2.45) is 0 Å². The number of carbonyl (C=O) groups excluding carboxylic acids is 1. The van der Waals surface area contributed by atoms with E-state index < -0.39 is 0 Å². The fourth-order valence-corrected chi connectivity index (χ4v) is 2.26. The van der Waals surface area contributed by atoms with E-state index in [1.807, 2.05) is 31.2 Å². The van der Waals surface area contributed by atoms with Gasteiger partial charge in [-0.3, -0.25) is 9.89 Å². The predicted octanol–water partition coefficient (Wildman–Crippen LogP) is 2.92. The largest absolute Gasteiger partial charge is 0.304 e. The van der Waals surface area contributed by atoms with Crippen LogP contribution in [0.15, 0.2) is 47.1 Å². The highest BCUT2D eigenvalue weighted by atomic mass is 79.9. The van der Waals surface area contributed by atoms with E-state index in [2.05, 4.69) is 36.5 Å². The summed E-state index contributed by atoms with van der Waals surface area (Å²) in [5.74, 6) is 0.185. The second-order valence-corrected chi connectivity index (χ2v) is 5.43. The molecule has 106 valence electrons. The number of amides is 1. The molecule has 1 amide bonds. The third kappa shape index (κ3) is 3.03. The summed E-state index contributed by atoms with van der Waals surface area (Å²) in [5, 5.41) is 13.7. The third-order valence-electron chi connectivity index (χ3n) is 2.84. The summed E-state index contributed by atoms with van der Waals surface area (Å²) in [7, 11) is 0. The van der Waals surface area contributed by atoms with Crippen molar-refractivity contribution in [1.29, 1.82) is 0 Å². The van der Waals surface area contributed by atoms with Crippen LogP contribution in [0.25, 0.3) is 5.69 Å². The standard InChI is InChI=1S/C14H12BrN5O/c1-9-7-13(18-17-9)16-14(21)12-5-6-20(19-12)11-4-2-3-10(15)8-11/h2-8H,1H3,(H2,16,17,18,21). The number of carbonyl (C=O) groups is 1. The first kappa shape index (κ1) is 13.6. The van der Waals surface area contributed by atoms with E-state index in [1.165, 1.54) is 0 Å². The van der Waals surface area contributed by atoms with E-state index in [4.69, 9.17) is 0 Å². The van der Waals surface area contributed by atoms with Crippen molar-refractivity contribution in [3.63, 3.8) is 0 Å². The molecule has 0 saturated carbocycles. The maximum Gasteiger partial charge on any atom is 0.277 e. The van der Waals surface area contributed by atoms with Crippen LogP contribution in [0.2, 0.25) is 0 Å². The van der Waals surface area contributed by atoms with Crippen molar-refractivity contribution in [2.75, 3.05) is 5.32 Å². The molecule has 0 radical (unpaired) electrons. The summed E-state index contributed by atoms with van der Waals surface area (Å²) >= 11 is 3.41. The number of hydrogen-bond acceptors (Lipinski definition) is 3. The number of rotatable bonds is 3. The first-order valence-electron chi connectivity index (χ1n) is 6.27. The average molecular weight is 346 g/mol. The lowest BCUT2D eigenvalue weighted by Crippen LogP contribution is -2.13. The van der Waals surface area contributed by atoms with Gasteiger partial charge >= 0.3 is 0 Å². The van der Waals surface area contributed by atoms with Gasteiger partial charge in [0.15, 0.2) is 11.5 Å². The van der Waals surface area contributed by atoms with Gasteiger partial charge in [0.2, 0.25) is 0 Å². The number of H-pyrrole nitrogens is 1. The van der Waals surface area contributed by atoms with Crippen LogP contribution in [-0.4, -0.2) is 25.9 Å². The first-order valence-corrected chi connectivity index (χ1v) is 7.06. The average Bonchev–Trinajstić information content (AvgIpc) is 3.08. The van der Waals surface area contributed by atoms with Gasteiger partial charge in [-0.2, -0.15) is 10.2 Å². The van der Waals surface area contributed by atoms with Crippen molar-refractivity contribution < 1.29 is 4.79 Å². The fourth-order valence-electron chi connectivity index (χ4n) is 1.87. The molecule has 7 heteroatoms. The smallest absolute Gasteiger partial charge is 0.277 e. The number of halogens is 1. The molecule has 3 aromatic rings. The lowest BCUT2D eigenvalue weighted by Gasteiger charge is -2.01. The quantitative estimate of drug-likeness (QED) is 0.766. The molecule has 3 rings (SSSR count). The summed E-state index contributed by atoms with van der Waals surface area (Å²) in [4.78, 5) is 12.1. The van der Waals surface area contributed by atoms with Gasteiger partial charge < -0.3 is 5.32 Å². The zero-order chi connectivity index (χ0) is 14.8. The first-order chi connectivity index (χ1) is 10.1. The lowest BCUT2D eigenvalue weighted by molar-refractivity contribution is 0.102. The zero-order valence-corrected chi connectivity index (χ0v) is 12.8. The van der Waals surface area contributed by atoms with Crippen LogP contribution in [0.4, 0.5) is 5.82 Å². The number of aryl methyl sites for hydroxylation is 1. The van der Waals surface area contributed by atoms with Crippen molar-refractivity contribution in [3.8, 4) is 5.69 Å². The lowest BCUT2D eigenvalue weighted by atomic mass is 10.3. The Hall–Kier alpha value is -2.41. The SMILES string of the molecule is Cc1cc(NC(=O)c2ccn(-c3cccc(Br)c3)n2)n[nH]1.